The van der Waals surface area contributed by atoms with E-state index in [1.165, 1.54) is 21.3 Å². The van der Waals surface area contributed by atoms with Gasteiger partial charge >= 0.3 is 0 Å². The quantitative estimate of drug-likeness (QED) is 0.154. The van der Waals surface area contributed by atoms with Crippen LogP contribution in [-0.2, 0) is 16.2 Å². The van der Waals surface area contributed by atoms with E-state index >= 15 is 0 Å². The molecule has 4 nitrogen and oxygen atoms in total. The summed E-state index contributed by atoms with van der Waals surface area (Å²) in [6, 6.07) is -8.69. The summed E-state index contributed by atoms with van der Waals surface area (Å²) in [5.41, 5.74) is -4.21. The first-order valence-corrected chi connectivity index (χ1v) is 21.8. The lowest BCUT2D eigenvalue weighted by Crippen LogP contribution is -2.61. The van der Waals surface area contributed by atoms with Gasteiger partial charge in [0.15, 0.2) is 0 Å². The highest BCUT2D eigenvalue weighted by molar-refractivity contribution is 7.25. The summed E-state index contributed by atoms with van der Waals surface area (Å²) in [6.07, 6.45) is 0. The molecule has 10 aromatic rings. The topological polar surface area (TPSA) is 24.6 Å². The number of furan rings is 1. The van der Waals surface area contributed by atoms with Crippen LogP contribution in [0.25, 0.3) is 58.6 Å². The molecule has 0 amide bonds. The first-order valence-electron chi connectivity index (χ1n) is 30.9. The Bertz CT molecular complexity index is 4850. The average Bonchev–Trinajstić information content (AvgIpc) is 2.13. The molecule has 308 valence electrons. The second-order valence-corrected chi connectivity index (χ2v) is 20.9. The summed E-state index contributed by atoms with van der Waals surface area (Å²) in [7, 11) is 0. The van der Waals surface area contributed by atoms with E-state index in [2.05, 4.69) is 0 Å². The highest BCUT2D eigenvalue weighted by Crippen LogP contribution is 2.55. The standard InChI is InChI=1S/C57H50BN3OS/c1-31-24-44-50-45(25-31)61-46-29-34(57(8,9)10)28-39-37-26-32(55(2,3)4)18-21-42(37)60(51(39)46)43-16-13-15-41(53(43)61)58(50)54-52(40-27-33(56(5,6)7)19-22-47(40)62-54)59(44)35-20-23-49-38(30-35)36-14-11-12-17-48(36)63-49/h11-30H,1-10H3/i11D,12D,13D,14D,15D,16D,17D,18D,19D,20D,21D,22D,23D,24D,25D,26D,27D,28D,29D,30D. The summed E-state index contributed by atoms with van der Waals surface area (Å²) in [5, 5.41) is -0.198. The van der Waals surface area contributed by atoms with Crippen LogP contribution in [0, 0.1) is 6.92 Å². The zero-order valence-corrected chi connectivity index (χ0v) is 37.1. The Hall–Kier alpha value is -6.24. The Morgan fingerprint density at radius 3 is 1.98 bits per heavy atom. The Balaban J connectivity index is 1.32. The minimum absolute atomic E-state index is 0.0104. The Kier molecular flexibility index (Phi) is 4.29. The summed E-state index contributed by atoms with van der Waals surface area (Å²) < 4.78 is 203. The molecule has 0 bridgehead atoms. The molecule has 0 spiro atoms. The van der Waals surface area contributed by atoms with Gasteiger partial charge in [-0.05, 0) is 135 Å². The number of nitrogens with zero attached hydrogens (tertiary/aromatic N) is 3. The molecule has 0 saturated carbocycles. The smallest absolute Gasteiger partial charge is 0.297 e. The summed E-state index contributed by atoms with van der Waals surface area (Å²) in [4.78, 5) is 2.80. The number of thiophene rings is 1. The lowest BCUT2D eigenvalue weighted by Gasteiger charge is -2.45. The van der Waals surface area contributed by atoms with Gasteiger partial charge < -0.3 is 18.8 Å². The number of rotatable bonds is 1. The van der Waals surface area contributed by atoms with E-state index in [1.54, 1.807) is 41.5 Å². The fourth-order valence-electron chi connectivity index (χ4n) is 9.36. The number of hydrogen-bond donors (Lipinski definition) is 0. The highest BCUT2D eigenvalue weighted by Gasteiger charge is 2.49. The maximum Gasteiger partial charge on any atom is 0.297 e. The molecule has 6 heteroatoms. The van der Waals surface area contributed by atoms with E-state index in [0.717, 1.165) is 11.3 Å². The van der Waals surface area contributed by atoms with Crippen molar-refractivity contribution in [2.45, 2.75) is 85.5 Å². The van der Waals surface area contributed by atoms with Gasteiger partial charge in [0.05, 0.1) is 66.9 Å². The minimum Gasteiger partial charge on any atom is -0.468 e. The molecule has 0 atom stereocenters. The van der Waals surface area contributed by atoms with Crippen molar-refractivity contribution in [2.24, 2.45) is 0 Å². The van der Waals surface area contributed by atoms with Crippen molar-refractivity contribution < 1.29 is 31.8 Å². The second kappa shape index (κ2) is 12.1. The third-order valence-electron chi connectivity index (χ3n) is 12.4. The van der Waals surface area contributed by atoms with Gasteiger partial charge in [0.2, 0.25) is 0 Å². The molecular formula is C57H50BN3OS. The number of anilines is 6. The predicted molar refractivity (Wildman–Crippen MR) is 272 cm³/mol. The van der Waals surface area contributed by atoms with Crippen molar-refractivity contribution in [2.75, 3.05) is 9.80 Å². The van der Waals surface area contributed by atoms with Crippen molar-refractivity contribution in [1.29, 1.82) is 0 Å². The van der Waals surface area contributed by atoms with Crippen molar-refractivity contribution in [1.82, 2.24) is 4.57 Å². The molecule has 0 N–H and O–H groups in total. The van der Waals surface area contributed by atoms with Crippen LogP contribution >= 0.6 is 11.3 Å². The zero-order valence-electron chi connectivity index (χ0n) is 56.2. The van der Waals surface area contributed by atoms with Crippen LogP contribution in [0.3, 0.4) is 0 Å². The SMILES string of the molecule is [2H]c1c([2H])c2c3c(c1[2H])-n1c4c([2H])c([2H])c(C(C)(C)C)c([2H])c4c4c([2H])c(C(C)(C)C)c([2H])c(c41)N3c1c([2H])c(C)c([2H])c3c1B2c1oc2c([2H])c([2H])c(C(C)(C)C)c([2H])c2c1N3c1c([2H])c([2H])c2sc3c([2H])c([2H])c([2H])c([2H])c3c2c1[2H]. The molecule has 0 aliphatic carbocycles. The van der Waals surface area contributed by atoms with E-state index < -0.39 is 95.1 Å². The predicted octanol–water partition coefficient (Wildman–Crippen LogP) is 14.5. The number of para-hydroxylation sites is 1. The Morgan fingerprint density at radius 2 is 1.22 bits per heavy atom. The van der Waals surface area contributed by atoms with Gasteiger partial charge in [-0.25, -0.2) is 0 Å². The fourth-order valence-corrected chi connectivity index (χ4v) is 10.3. The van der Waals surface area contributed by atoms with E-state index in [4.69, 9.17) is 9.90 Å². The minimum atomic E-state index is -1.55. The van der Waals surface area contributed by atoms with Crippen LogP contribution in [0.5, 0.6) is 0 Å². The van der Waals surface area contributed by atoms with Crippen LogP contribution in [0.4, 0.5) is 34.1 Å². The summed E-state index contributed by atoms with van der Waals surface area (Å²) in [6.45, 7) is 16.0. The van der Waals surface area contributed by atoms with Gasteiger partial charge in [0.1, 0.15) is 5.58 Å². The molecule has 3 aliphatic heterocycles. The van der Waals surface area contributed by atoms with E-state index in [-0.39, 0.29) is 180 Å². The third-order valence-corrected chi connectivity index (χ3v) is 13.4. The Labute approximate surface area is 401 Å². The molecular weight excluding hydrogens is 786 g/mol. The monoisotopic (exact) mass is 856 g/mol. The Morgan fingerprint density at radius 1 is 0.540 bits per heavy atom. The molecule has 6 heterocycles. The van der Waals surface area contributed by atoms with Crippen molar-refractivity contribution in [3.05, 3.63) is 143 Å². The van der Waals surface area contributed by atoms with E-state index in [9.17, 15) is 21.9 Å². The third kappa shape index (κ3) is 4.99. The fraction of sp³-hybridized carbons (Fsp3) is 0.228. The molecule has 0 saturated heterocycles. The van der Waals surface area contributed by atoms with Crippen LogP contribution < -0.4 is 26.4 Å². The highest BCUT2D eigenvalue weighted by atomic mass is 32.1. The molecule has 3 aliphatic rings. The molecule has 0 radical (unpaired) electrons. The molecule has 0 fully saturated rings. The first kappa shape index (κ1) is 22.4. The first-order chi connectivity index (χ1) is 38.5. The van der Waals surface area contributed by atoms with Crippen LogP contribution in [0.2, 0.25) is 0 Å². The van der Waals surface area contributed by atoms with Gasteiger partial charge in [-0.3, -0.25) is 0 Å². The summed E-state index contributed by atoms with van der Waals surface area (Å²) in [5.74, 6) is 0. The number of hydrogen-bond acceptors (Lipinski definition) is 4. The molecule has 0 unspecified atom stereocenters. The lowest BCUT2D eigenvalue weighted by molar-refractivity contribution is 0.590. The lowest BCUT2D eigenvalue weighted by atomic mass is 9.35. The molecule has 7 aromatic carbocycles. The van der Waals surface area contributed by atoms with E-state index in [0.29, 0.717) is 0 Å². The van der Waals surface area contributed by atoms with Crippen LogP contribution in [-0.4, -0.2) is 11.3 Å². The summed E-state index contributed by atoms with van der Waals surface area (Å²) >= 11 is 0.815. The maximum absolute atomic E-state index is 10.4. The molecule has 63 heavy (non-hydrogen) atoms. The number of aromatic nitrogens is 1. The van der Waals surface area contributed by atoms with E-state index in [1.807, 2.05) is 20.8 Å². The number of benzene rings is 7. The molecule has 13 rings (SSSR count). The van der Waals surface area contributed by atoms with Gasteiger partial charge in [0.25, 0.3) is 6.71 Å². The van der Waals surface area contributed by atoms with Crippen LogP contribution in [0.1, 0.15) is 112 Å². The number of fused-ring (bicyclic) bond motifs is 14. The largest absolute Gasteiger partial charge is 0.468 e. The van der Waals surface area contributed by atoms with Gasteiger partial charge in [-0.1, -0.05) is 105 Å². The van der Waals surface area contributed by atoms with Gasteiger partial charge in [-0.2, -0.15) is 0 Å². The van der Waals surface area contributed by atoms with Gasteiger partial charge in [0, 0.05) is 53.4 Å². The molecule has 3 aromatic heterocycles. The average molecular weight is 856 g/mol. The van der Waals surface area contributed by atoms with Crippen molar-refractivity contribution in [3.8, 4) is 5.69 Å². The van der Waals surface area contributed by atoms with Crippen molar-refractivity contribution in [3.63, 3.8) is 0 Å². The van der Waals surface area contributed by atoms with Gasteiger partial charge in [-0.15, -0.1) is 11.3 Å². The normalized spacial score (nSPS) is 18.9. The zero-order chi connectivity index (χ0) is 60.6. The maximum atomic E-state index is 10.4. The van der Waals surface area contributed by atoms with Crippen LogP contribution in [0.15, 0.2) is 125 Å². The van der Waals surface area contributed by atoms with Crippen molar-refractivity contribution >= 4 is 122 Å². The second-order valence-electron chi connectivity index (χ2n) is 19.8.